The van der Waals surface area contributed by atoms with E-state index in [1.54, 1.807) is 0 Å². The number of benzene rings is 1. The predicted octanol–water partition coefficient (Wildman–Crippen LogP) is 1.65. The third kappa shape index (κ3) is 2.05. The van der Waals surface area contributed by atoms with Crippen LogP contribution in [0.1, 0.15) is 11.1 Å². The van der Waals surface area contributed by atoms with Crippen LogP contribution >= 0.6 is 0 Å². The molecule has 0 aliphatic carbocycles. The molecule has 17 heavy (non-hydrogen) atoms. The minimum Gasteiger partial charge on any atom is -0.375 e. The predicted molar refractivity (Wildman–Crippen MR) is 69.5 cm³/mol. The molecule has 2 heterocycles. The molecule has 3 heteroatoms. The van der Waals surface area contributed by atoms with Gasteiger partial charge in [0.25, 0.3) is 0 Å². The van der Waals surface area contributed by atoms with Crippen LogP contribution in [0.3, 0.4) is 0 Å². The van der Waals surface area contributed by atoms with Crippen molar-refractivity contribution in [2.24, 2.45) is 0 Å². The first kappa shape index (κ1) is 11.1. The van der Waals surface area contributed by atoms with Gasteiger partial charge in [-0.1, -0.05) is 17.7 Å². The lowest BCUT2D eigenvalue weighted by Crippen LogP contribution is -2.53. The summed E-state index contributed by atoms with van der Waals surface area (Å²) in [6.07, 6.45) is 0. The van der Waals surface area contributed by atoms with Crippen molar-refractivity contribution in [1.29, 1.82) is 0 Å². The van der Waals surface area contributed by atoms with Gasteiger partial charge in [0.05, 0.1) is 19.3 Å². The summed E-state index contributed by atoms with van der Waals surface area (Å²) in [7, 11) is 2.19. The summed E-state index contributed by atoms with van der Waals surface area (Å²) in [5.74, 6) is 0. The Morgan fingerprint density at radius 1 is 1.29 bits per heavy atom. The van der Waals surface area contributed by atoms with Crippen LogP contribution < -0.4 is 4.90 Å². The fraction of sp³-hybridized carbons (Fsp3) is 0.571. The van der Waals surface area contributed by atoms with Gasteiger partial charge in [-0.2, -0.15) is 0 Å². The molecular formula is C14H20N2O. The summed E-state index contributed by atoms with van der Waals surface area (Å²) in [6.45, 7) is 7.11. The van der Waals surface area contributed by atoms with Crippen molar-refractivity contribution < 1.29 is 4.74 Å². The van der Waals surface area contributed by atoms with Crippen LogP contribution in [0, 0.1) is 6.92 Å². The van der Waals surface area contributed by atoms with Crippen LogP contribution in [0.5, 0.6) is 0 Å². The van der Waals surface area contributed by atoms with E-state index in [4.69, 9.17) is 4.74 Å². The number of fused-ring (bicyclic) bond motifs is 3. The van der Waals surface area contributed by atoms with Crippen molar-refractivity contribution in [2.75, 3.05) is 38.2 Å². The van der Waals surface area contributed by atoms with Crippen molar-refractivity contribution >= 4 is 5.69 Å². The highest BCUT2D eigenvalue weighted by atomic mass is 16.5. The Morgan fingerprint density at radius 2 is 2.18 bits per heavy atom. The Hall–Kier alpha value is -1.06. The van der Waals surface area contributed by atoms with Gasteiger partial charge in [0, 0.05) is 30.9 Å². The summed E-state index contributed by atoms with van der Waals surface area (Å²) < 4.78 is 5.83. The highest BCUT2D eigenvalue weighted by molar-refractivity contribution is 5.56. The molecule has 1 aromatic carbocycles. The number of ether oxygens (including phenoxy) is 1. The smallest absolute Gasteiger partial charge is 0.0738 e. The van der Waals surface area contributed by atoms with Gasteiger partial charge in [-0.3, -0.25) is 0 Å². The lowest BCUT2D eigenvalue weighted by Gasteiger charge is -2.40. The average Bonchev–Trinajstić information content (AvgIpc) is 2.47. The minimum absolute atomic E-state index is 0.512. The fourth-order valence-corrected chi connectivity index (χ4v) is 2.89. The molecule has 92 valence electrons. The van der Waals surface area contributed by atoms with Crippen LogP contribution in [0.15, 0.2) is 18.2 Å². The van der Waals surface area contributed by atoms with E-state index in [-0.39, 0.29) is 0 Å². The van der Waals surface area contributed by atoms with Crippen molar-refractivity contribution in [3.63, 3.8) is 0 Å². The second kappa shape index (κ2) is 4.31. The SMILES string of the molecule is Cc1ccc2c(c1)COCC1CN(C)CCN21. The Balaban J connectivity index is 1.96. The van der Waals surface area contributed by atoms with E-state index in [9.17, 15) is 0 Å². The molecule has 0 saturated carbocycles. The van der Waals surface area contributed by atoms with Crippen LogP contribution in [-0.4, -0.2) is 44.2 Å². The molecule has 0 N–H and O–H groups in total. The van der Waals surface area contributed by atoms with Gasteiger partial charge in [0.1, 0.15) is 0 Å². The Kier molecular flexibility index (Phi) is 2.81. The summed E-state index contributed by atoms with van der Waals surface area (Å²) in [5, 5.41) is 0. The van der Waals surface area contributed by atoms with Gasteiger partial charge in [0.2, 0.25) is 0 Å². The van der Waals surface area contributed by atoms with E-state index in [0.717, 1.165) is 32.8 Å². The number of nitrogens with zero attached hydrogens (tertiary/aromatic N) is 2. The van der Waals surface area contributed by atoms with Gasteiger partial charge in [0.15, 0.2) is 0 Å². The molecule has 0 radical (unpaired) electrons. The van der Waals surface area contributed by atoms with Gasteiger partial charge in [-0.15, -0.1) is 0 Å². The molecule has 3 nitrogen and oxygen atoms in total. The van der Waals surface area contributed by atoms with E-state index in [0.29, 0.717) is 6.04 Å². The maximum atomic E-state index is 5.83. The fourth-order valence-electron chi connectivity index (χ4n) is 2.89. The third-order valence-electron chi connectivity index (χ3n) is 3.80. The van der Waals surface area contributed by atoms with Gasteiger partial charge in [-0.25, -0.2) is 0 Å². The molecule has 1 aromatic rings. The first-order valence-electron chi connectivity index (χ1n) is 6.36. The number of anilines is 1. The largest absolute Gasteiger partial charge is 0.375 e. The number of piperazine rings is 1. The number of hydrogen-bond donors (Lipinski definition) is 0. The van der Waals surface area contributed by atoms with Crippen molar-refractivity contribution in [1.82, 2.24) is 4.90 Å². The zero-order chi connectivity index (χ0) is 11.8. The van der Waals surface area contributed by atoms with Crippen LogP contribution in [0.25, 0.3) is 0 Å². The number of rotatable bonds is 0. The van der Waals surface area contributed by atoms with E-state index in [1.165, 1.54) is 16.8 Å². The topological polar surface area (TPSA) is 15.7 Å². The molecule has 0 aromatic heterocycles. The van der Waals surface area contributed by atoms with Crippen molar-refractivity contribution in [3.05, 3.63) is 29.3 Å². The number of hydrogen-bond acceptors (Lipinski definition) is 3. The van der Waals surface area contributed by atoms with E-state index in [1.807, 2.05) is 0 Å². The third-order valence-corrected chi connectivity index (χ3v) is 3.80. The quantitative estimate of drug-likeness (QED) is 0.676. The zero-order valence-corrected chi connectivity index (χ0v) is 10.6. The second-order valence-corrected chi connectivity index (χ2v) is 5.26. The molecular weight excluding hydrogens is 212 g/mol. The van der Waals surface area contributed by atoms with Gasteiger partial charge in [-0.05, 0) is 20.0 Å². The first-order chi connectivity index (χ1) is 8.24. The molecule has 0 bridgehead atoms. The Bertz CT molecular complexity index is 419. The molecule has 0 amide bonds. The summed E-state index contributed by atoms with van der Waals surface area (Å²) in [5.41, 5.74) is 4.04. The number of likely N-dealkylation sites (N-methyl/N-ethyl adjacent to an activating group) is 1. The molecule has 1 atom stereocenters. The molecule has 2 aliphatic heterocycles. The summed E-state index contributed by atoms with van der Waals surface area (Å²) in [6, 6.07) is 7.24. The first-order valence-corrected chi connectivity index (χ1v) is 6.36. The highest BCUT2D eigenvalue weighted by Gasteiger charge is 2.29. The van der Waals surface area contributed by atoms with Crippen LogP contribution in [-0.2, 0) is 11.3 Å². The highest BCUT2D eigenvalue weighted by Crippen LogP contribution is 2.29. The standard InChI is InChI=1S/C14H20N2O/c1-11-3-4-14-12(7-11)9-17-10-13-8-15(2)5-6-16(13)14/h3-4,7,13H,5-6,8-10H2,1-2H3. The molecule has 3 rings (SSSR count). The average molecular weight is 232 g/mol. The lowest BCUT2D eigenvalue weighted by molar-refractivity contribution is 0.0959. The Labute approximate surface area is 103 Å². The van der Waals surface area contributed by atoms with Crippen LogP contribution in [0.4, 0.5) is 5.69 Å². The lowest BCUT2D eigenvalue weighted by atomic mass is 10.1. The summed E-state index contributed by atoms with van der Waals surface area (Å²) >= 11 is 0. The maximum absolute atomic E-state index is 5.83. The van der Waals surface area contributed by atoms with E-state index < -0.39 is 0 Å². The molecule has 0 spiro atoms. The minimum atomic E-state index is 0.512. The molecule has 1 unspecified atom stereocenters. The van der Waals surface area contributed by atoms with Crippen molar-refractivity contribution in [3.8, 4) is 0 Å². The molecule has 1 fully saturated rings. The zero-order valence-electron chi connectivity index (χ0n) is 10.6. The molecule has 2 aliphatic rings. The van der Waals surface area contributed by atoms with E-state index >= 15 is 0 Å². The van der Waals surface area contributed by atoms with Gasteiger partial charge < -0.3 is 14.5 Å². The maximum Gasteiger partial charge on any atom is 0.0738 e. The van der Waals surface area contributed by atoms with E-state index in [2.05, 4.69) is 42.0 Å². The second-order valence-electron chi connectivity index (χ2n) is 5.26. The normalized spacial score (nSPS) is 25.1. The van der Waals surface area contributed by atoms with Crippen LogP contribution in [0.2, 0.25) is 0 Å². The Morgan fingerprint density at radius 3 is 3.06 bits per heavy atom. The molecule has 1 saturated heterocycles. The van der Waals surface area contributed by atoms with Gasteiger partial charge >= 0.3 is 0 Å². The number of aryl methyl sites for hydroxylation is 1. The monoisotopic (exact) mass is 232 g/mol. The summed E-state index contributed by atoms with van der Waals surface area (Å²) in [4.78, 5) is 4.92. The van der Waals surface area contributed by atoms with Crippen molar-refractivity contribution in [2.45, 2.75) is 19.6 Å².